The smallest absolute Gasteiger partial charge is 0.462 e. The molecule has 2 rings (SSSR count). The van der Waals surface area contributed by atoms with Crippen molar-refractivity contribution in [3.05, 3.63) is 47.9 Å². The molecule has 0 aliphatic carbocycles. The number of hydrogen-bond acceptors (Lipinski definition) is 4. The topological polar surface area (TPSA) is 64.7 Å². The van der Waals surface area contributed by atoms with Gasteiger partial charge < -0.3 is 20.1 Å². The molecule has 0 radical (unpaired) electrons. The molecule has 1 aliphatic heterocycles. The van der Waals surface area contributed by atoms with E-state index in [1.807, 2.05) is 19.1 Å². The molecule has 1 aromatic carbocycles. The molecule has 0 atom stereocenters. The summed E-state index contributed by atoms with van der Waals surface area (Å²) in [7, 11) is -0.846. The van der Waals surface area contributed by atoms with Crippen LogP contribution in [0.4, 0.5) is 0 Å². The Balaban J connectivity index is 2.16. The molecule has 4 nitrogen and oxygen atoms in total. The highest BCUT2D eigenvalue weighted by Crippen LogP contribution is 2.18. The number of allylic oxidation sites excluding steroid dienone is 3. The summed E-state index contributed by atoms with van der Waals surface area (Å²) in [5.74, 6) is 1.40. The third-order valence-electron chi connectivity index (χ3n) is 2.50. The summed E-state index contributed by atoms with van der Waals surface area (Å²) in [5, 5.41) is 9.56. The van der Waals surface area contributed by atoms with Crippen LogP contribution in [0.1, 0.15) is 12.5 Å². The number of fused-ring (bicyclic) bond motifs is 1. The van der Waals surface area contributed by atoms with Gasteiger partial charge in [0, 0.05) is 0 Å². The molecule has 17 heavy (non-hydrogen) atoms. The molecule has 1 aliphatic rings. The van der Waals surface area contributed by atoms with Crippen LogP contribution in [0.2, 0.25) is 0 Å². The van der Waals surface area contributed by atoms with Gasteiger partial charge in [0.25, 0.3) is 0 Å². The van der Waals surface area contributed by atoms with Gasteiger partial charge in [0.2, 0.25) is 0 Å². The predicted octanol–water partition coefficient (Wildman–Crippen LogP) is 0.659. The van der Waals surface area contributed by atoms with Crippen molar-refractivity contribution in [2.75, 3.05) is 0 Å². The van der Waals surface area contributed by atoms with Crippen LogP contribution >= 0.6 is 0 Å². The van der Waals surface area contributed by atoms with Crippen LogP contribution in [0.5, 0.6) is 5.75 Å². The van der Waals surface area contributed by atoms with Crippen molar-refractivity contribution in [1.82, 2.24) is 0 Å². The highest BCUT2D eigenvalue weighted by Gasteiger charge is 2.27. The summed E-state index contributed by atoms with van der Waals surface area (Å²) in [6, 6.07) is 5.53. The molecule has 0 aromatic heterocycles. The minimum Gasteiger partial charge on any atom is -0.462 e. The van der Waals surface area contributed by atoms with E-state index in [0.29, 0.717) is 12.4 Å². The van der Waals surface area contributed by atoms with Crippen molar-refractivity contribution in [3.8, 4) is 5.75 Å². The Bertz CT molecular complexity index is 471. The fourth-order valence-electron chi connectivity index (χ4n) is 1.67. The molecule has 1 heterocycles. The molecule has 0 unspecified atom stereocenters. The number of ether oxygens (including phenoxy) is 1. The molecule has 0 fully saturated rings. The monoisotopic (exact) mass is 231 g/mol. The largest absolute Gasteiger partial charge is 0.491 e. The fraction of sp³-hybridized carbons (Fsp3) is 0.167. The first kappa shape index (κ1) is 11.8. The highest BCUT2D eigenvalue weighted by atomic mass is 16.5. The van der Waals surface area contributed by atoms with Gasteiger partial charge in [0.1, 0.15) is 11.5 Å². The number of rotatable bonds is 3. The molecule has 1 aromatic rings. The summed E-state index contributed by atoms with van der Waals surface area (Å²) in [4.78, 5) is 0. The van der Waals surface area contributed by atoms with E-state index in [0.717, 1.165) is 16.8 Å². The number of hydrogen-bond donors (Lipinski definition) is 2. The van der Waals surface area contributed by atoms with Gasteiger partial charge in [-0.2, -0.15) is 0 Å². The van der Waals surface area contributed by atoms with E-state index >= 15 is 0 Å². The maximum atomic E-state index is 9.56. The Labute approximate surface area is 100 Å². The van der Waals surface area contributed by atoms with Gasteiger partial charge in [0.05, 0.1) is 6.61 Å². The van der Waals surface area contributed by atoms with Crippen molar-refractivity contribution < 1.29 is 14.4 Å². The van der Waals surface area contributed by atoms with Crippen LogP contribution in [0.15, 0.2) is 42.3 Å². The van der Waals surface area contributed by atoms with E-state index in [4.69, 9.17) is 15.1 Å². The maximum absolute atomic E-state index is 9.56. The zero-order chi connectivity index (χ0) is 12.3. The van der Waals surface area contributed by atoms with Gasteiger partial charge in [-0.1, -0.05) is 6.07 Å². The summed E-state index contributed by atoms with van der Waals surface area (Å²) < 4.78 is 10.7. The second kappa shape index (κ2) is 5.08. The number of benzene rings is 1. The van der Waals surface area contributed by atoms with Gasteiger partial charge >= 0.3 is 7.12 Å². The lowest BCUT2D eigenvalue weighted by Gasteiger charge is -2.07. The minimum absolute atomic E-state index is 0.446. The van der Waals surface area contributed by atoms with Gasteiger partial charge in [-0.25, -0.2) is 0 Å². The third-order valence-corrected chi connectivity index (χ3v) is 2.50. The van der Waals surface area contributed by atoms with Crippen molar-refractivity contribution in [2.45, 2.75) is 13.5 Å². The number of nitrogens with two attached hydrogens (primary N) is 1. The van der Waals surface area contributed by atoms with Crippen LogP contribution in [-0.2, 0) is 11.3 Å². The Hall–Kier alpha value is -1.72. The van der Waals surface area contributed by atoms with Crippen molar-refractivity contribution in [2.24, 2.45) is 5.73 Å². The molecule has 0 amide bonds. The molecule has 5 heteroatoms. The van der Waals surface area contributed by atoms with E-state index in [1.54, 1.807) is 18.2 Å². The lowest BCUT2D eigenvalue weighted by atomic mass is 9.79. The molecule has 88 valence electrons. The van der Waals surface area contributed by atoms with E-state index in [1.165, 1.54) is 6.20 Å². The predicted molar refractivity (Wildman–Crippen MR) is 66.6 cm³/mol. The molecule has 0 spiro atoms. The third kappa shape index (κ3) is 2.69. The Morgan fingerprint density at radius 2 is 2.41 bits per heavy atom. The van der Waals surface area contributed by atoms with Crippen molar-refractivity contribution >= 4 is 12.6 Å². The van der Waals surface area contributed by atoms with E-state index in [2.05, 4.69) is 0 Å². The Kier molecular flexibility index (Phi) is 3.51. The van der Waals surface area contributed by atoms with Gasteiger partial charge in [-0.15, -0.1) is 0 Å². The van der Waals surface area contributed by atoms with Crippen LogP contribution in [-0.4, -0.2) is 12.1 Å². The first-order chi connectivity index (χ1) is 8.20. The summed E-state index contributed by atoms with van der Waals surface area (Å²) in [6.45, 7) is 2.28. The summed E-state index contributed by atoms with van der Waals surface area (Å²) in [5.41, 5.74) is 6.99. The first-order valence-electron chi connectivity index (χ1n) is 5.36. The first-order valence-corrected chi connectivity index (χ1v) is 5.36. The molecule has 3 N–H and O–H groups in total. The van der Waals surface area contributed by atoms with E-state index < -0.39 is 7.12 Å². The van der Waals surface area contributed by atoms with E-state index in [-0.39, 0.29) is 0 Å². The molecule has 0 saturated carbocycles. The molecule has 0 bridgehead atoms. The van der Waals surface area contributed by atoms with Crippen molar-refractivity contribution in [1.29, 1.82) is 0 Å². The van der Waals surface area contributed by atoms with Crippen LogP contribution < -0.4 is 15.9 Å². The molecular weight excluding hydrogens is 217 g/mol. The molecular formula is C12H14BNO3. The van der Waals surface area contributed by atoms with Crippen LogP contribution in [0.25, 0.3) is 0 Å². The standard InChI is InChI=1S/C12H14BNO3/c1-9(3-2-6-14)17-11-5-4-10-8-16-13(15)12(10)7-11/h2-7,15H,8,14H2,1H3/b6-2-,9-3+. The van der Waals surface area contributed by atoms with E-state index in [9.17, 15) is 5.02 Å². The van der Waals surface area contributed by atoms with Gasteiger partial charge in [0.15, 0.2) is 0 Å². The van der Waals surface area contributed by atoms with Crippen molar-refractivity contribution in [3.63, 3.8) is 0 Å². The minimum atomic E-state index is -0.846. The lowest BCUT2D eigenvalue weighted by molar-refractivity contribution is 0.275. The highest BCUT2D eigenvalue weighted by molar-refractivity contribution is 6.61. The second-order valence-electron chi connectivity index (χ2n) is 3.79. The average molecular weight is 231 g/mol. The maximum Gasteiger partial charge on any atom is 0.491 e. The van der Waals surface area contributed by atoms with Gasteiger partial charge in [-0.05, 0) is 48.4 Å². The zero-order valence-electron chi connectivity index (χ0n) is 9.59. The van der Waals surface area contributed by atoms with Gasteiger partial charge in [-0.3, -0.25) is 0 Å². The Morgan fingerprint density at radius 3 is 3.18 bits per heavy atom. The quantitative estimate of drug-likeness (QED) is 0.455. The SMILES string of the molecule is C/C(=C\C=C/N)Oc1ccc2c(c1)B(O)OC2. The second-order valence-corrected chi connectivity index (χ2v) is 3.79. The van der Waals surface area contributed by atoms with Crippen LogP contribution in [0, 0.1) is 0 Å². The lowest BCUT2D eigenvalue weighted by Crippen LogP contribution is -2.27. The normalized spacial score (nSPS) is 15.4. The summed E-state index contributed by atoms with van der Waals surface area (Å²) >= 11 is 0. The van der Waals surface area contributed by atoms with Crippen LogP contribution in [0.3, 0.4) is 0 Å². The average Bonchev–Trinajstić information content (AvgIpc) is 2.68. The molecule has 0 saturated heterocycles. The Morgan fingerprint density at radius 1 is 1.59 bits per heavy atom. The summed E-state index contributed by atoms with van der Waals surface area (Å²) in [6.07, 6.45) is 4.90. The fourth-order valence-corrected chi connectivity index (χ4v) is 1.67. The zero-order valence-corrected chi connectivity index (χ0v) is 9.59.